The first-order chi connectivity index (χ1) is 11.2. The van der Waals surface area contributed by atoms with Gasteiger partial charge in [-0.15, -0.1) is 0 Å². The molecule has 4 nitrogen and oxygen atoms in total. The van der Waals surface area contributed by atoms with E-state index in [-0.39, 0.29) is 12.2 Å². The Balaban J connectivity index is 1.82. The summed E-state index contributed by atoms with van der Waals surface area (Å²) >= 11 is 0. The zero-order valence-corrected chi connectivity index (χ0v) is 13.1. The molecular formula is C18H19BO4. The molecule has 0 aliphatic carbocycles. The van der Waals surface area contributed by atoms with Gasteiger partial charge in [0, 0.05) is 13.0 Å². The number of rotatable bonds is 5. The third-order valence-corrected chi connectivity index (χ3v) is 3.98. The molecule has 0 radical (unpaired) electrons. The van der Waals surface area contributed by atoms with E-state index in [9.17, 15) is 9.82 Å². The first kappa shape index (κ1) is 15.8. The summed E-state index contributed by atoms with van der Waals surface area (Å²) in [6, 6.07) is 13.1. The van der Waals surface area contributed by atoms with Gasteiger partial charge in [-0.1, -0.05) is 30.3 Å². The number of hydrogen-bond acceptors (Lipinski definition) is 4. The Morgan fingerprint density at radius 3 is 2.96 bits per heavy atom. The molecule has 2 aromatic rings. The number of carbonyl (C=O) groups is 1. The molecule has 1 N–H and O–H groups in total. The quantitative estimate of drug-likeness (QED) is 0.675. The van der Waals surface area contributed by atoms with Crippen molar-refractivity contribution in [3.05, 3.63) is 59.2 Å². The summed E-state index contributed by atoms with van der Waals surface area (Å²) in [5, 5.41) is 9.92. The number of ether oxygens (including phenoxy) is 1. The molecule has 1 heterocycles. The molecule has 0 aromatic heterocycles. The van der Waals surface area contributed by atoms with Crippen LogP contribution in [0.15, 0.2) is 42.5 Å². The second kappa shape index (κ2) is 6.98. The molecule has 1 aliphatic heterocycles. The number of hydrogen-bond donors (Lipinski definition) is 1. The zero-order valence-electron chi connectivity index (χ0n) is 13.1. The highest BCUT2D eigenvalue weighted by molar-refractivity contribution is 6.60. The summed E-state index contributed by atoms with van der Waals surface area (Å²) in [6.45, 7) is 2.94. The van der Waals surface area contributed by atoms with Crippen LogP contribution in [0, 0.1) is 0 Å². The third-order valence-electron chi connectivity index (χ3n) is 3.98. The molecule has 0 unspecified atom stereocenters. The van der Waals surface area contributed by atoms with Crippen LogP contribution in [-0.2, 0) is 17.5 Å². The van der Waals surface area contributed by atoms with Crippen molar-refractivity contribution in [3.63, 3.8) is 0 Å². The highest BCUT2D eigenvalue weighted by Crippen LogP contribution is 2.20. The number of para-hydroxylation sites is 1. The molecular weight excluding hydrogens is 291 g/mol. The Hall–Kier alpha value is -2.11. The monoisotopic (exact) mass is 310 g/mol. The van der Waals surface area contributed by atoms with Crippen molar-refractivity contribution in [3.8, 4) is 5.75 Å². The molecule has 0 spiro atoms. The Morgan fingerprint density at radius 1 is 1.30 bits per heavy atom. The molecule has 5 heteroatoms. The van der Waals surface area contributed by atoms with Gasteiger partial charge < -0.3 is 14.4 Å². The number of benzene rings is 2. The van der Waals surface area contributed by atoms with E-state index in [1.54, 1.807) is 12.1 Å². The highest BCUT2D eigenvalue weighted by Gasteiger charge is 2.25. The SMILES string of the molecule is CCOc1ccccc1C(=O)Cc1ccc2c(c1)B(O)OCC2. The fourth-order valence-corrected chi connectivity index (χ4v) is 2.84. The predicted octanol–water partition coefficient (Wildman–Crippen LogP) is 1.77. The minimum Gasteiger partial charge on any atom is -0.493 e. The predicted molar refractivity (Wildman–Crippen MR) is 89.4 cm³/mol. The van der Waals surface area contributed by atoms with Gasteiger partial charge in [-0.05, 0) is 42.1 Å². The van der Waals surface area contributed by atoms with E-state index in [0.717, 1.165) is 23.0 Å². The van der Waals surface area contributed by atoms with Crippen molar-refractivity contribution >= 4 is 18.4 Å². The first-order valence-electron chi connectivity index (χ1n) is 7.85. The van der Waals surface area contributed by atoms with Crippen molar-refractivity contribution in [1.82, 2.24) is 0 Å². The smallest absolute Gasteiger partial charge is 0.491 e. The summed E-state index contributed by atoms with van der Waals surface area (Å²) in [7, 11) is -0.899. The van der Waals surface area contributed by atoms with E-state index < -0.39 is 7.12 Å². The lowest BCUT2D eigenvalue weighted by atomic mass is 9.73. The maximum absolute atomic E-state index is 12.6. The van der Waals surface area contributed by atoms with Crippen molar-refractivity contribution in [2.45, 2.75) is 19.8 Å². The van der Waals surface area contributed by atoms with Crippen LogP contribution in [-0.4, -0.2) is 31.1 Å². The van der Waals surface area contributed by atoms with Crippen molar-refractivity contribution in [2.24, 2.45) is 0 Å². The van der Waals surface area contributed by atoms with Crippen LogP contribution in [0.5, 0.6) is 5.75 Å². The van der Waals surface area contributed by atoms with Gasteiger partial charge in [0.15, 0.2) is 5.78 Å². The second-order valence-electron chi connectivity index (χ2n) is 5.54. The second-order valence-corrected chi connectivity index (χ2v) is 5.54. The van der Waals surface area contributed by atoms with Crippen LogP contribution >= 0.6 is 0 Å². The minimum atomic E-state index is -0.899. The van der Waals surface area contributed by atoms with E-state index >= 15 is 0 Å². The van der Waals surface area contributed by atoms with Crippen LogP contribution in [0.4, 0.5) is 0 Å². The van der Waals surface area contributed by atoms with E-state index in [2.05, 4.69) is 0 Å². The first-order valence-corrected chi connectivity index (χ1v) is 7.85. The van der Waals surface area contributed by atoms with Crippen LogP contribution in [0.25, 0.3) is 0 Å². The topological polar surface area (TPSA) is 55.8 Å². The van der Waals surface area contributed by atoms with Crippen LogP contribution in [0.2, 0.25) is 0 Å². The fraction of sp³-hybridized carbons (Fsp3) is 0.278. The van der Waals surface area contributed by atoms with Crippen LogP contribution < -0.4 is 10.2 Å². The summed E-state index contributed by atoms with van der Waals surface area (Å²) in [6.07, 6.45) is 1.05. The summed E-state index contributed by atoms with van der Waals surface area (Å²) in [4.78, 5) is 12.6. The van der Waals surface area contributed by atoms with Crippen molar-refractivity contribution in [1.29, 1.82) is 0 Å². The van der Waals surface area contributed by atoms with Crippen molar-refractivity contribution < 1.29 is 19.2 Å². The molecule has 0 fully saturated rings. The van der Waals surface area contributed by atoms with E-state index in [1.165, 1.54) is 0 Å². The number of carbonyl (C=O) groups excluding carboxylic acids is 1. The molecule has 118 valence electrons. The van der Waals surface area contributed by atoms with Crippen molar-refractivity contribution in [2.75, 3.05) is 13.2 Å². The summed E-state index contributed by atoms with van der Waals surface area (Å²) < 4.78 is 10.8. The average molecular weight is 310 g/mol. The number of ketones is 1. The molecule has 3 rings (SSSR count). The van der Waals surface area contributed by atoms with Gasteiger partial charge >= 0.3 is 7.12 Å². The Kier molecular flexibility index (Phi) is 4.79. The molecule has 0 bridgehead atoms. The standard InChI is InChI=1S/C18H19BO4/c1-2-22-18-6-4-3-5-15(18)17(20)12-13-7-8-14-9-10-23-19(21)16(14)11-13/h3-8,11,21H,2,9-10,12H2,1H3. The van der Waals surface area contributed by atoms with Crippen LogP contribution in [0.1, 0.15) is 28.4 Å². The average Bonchev–Trinajstić information content (AvgIpc) is 2.56. The molecule has 1 aliphatic rings. The Bertz CT molecular complexity index is 714. The van der Waals surface area contributed by atoms with Gasteiger partial charge in [0.25, 0.3) is 0 Å². The van der Waals surface area contributed by atoms with Gasteiger partial charge in [-0.25, -0.2) is 0 Å². The molecule has 0 saturated heterocycles. The highest BCUT2D eigenvalue weighted by atomic mass is 16.5. The Morgan fingerprint density at radius 2 is 2.13 bits per heavy atom. The maximum Gasteiger partial charge on any atom is 0.491 e. The van der Waals surface area contributed by atoms with Gasteiger partial charge in [-0.3, -0.25) is 4.79 Å². The molecule has 0 atom stereocenters. The zero-order chi connectivity index (χ0) is 16.2. The molecule has 0 amide bonds. The minimum absolute atomic E-state index is 0.000201. The summed E-state index contributed by atoms with van der Waals surface area (Å²) in [5.74, 6) is 0.613. The lowest BCUT2D eigenvalue weighted by molar-refractivity contribution is 0.0989. The lowest BCUT2D eigenvalue weighted by Gasteiger charge is -2.19. The van der Waals surface area contributed by atoms with Gasteiger partial charge in [-0.2, -0.15) is 0 Å². The maximum atomic E-state index is 12.6. The molecule has 23 heavy (non-hydrogen) atoms. The van der Waals surface area contributed by atoms with E-state index in [1.807, 2.05) is 37.3 Å². The molecule has 0 saturated carbocycles. The third kappa shape index (κ3) is 3.46. The van der Waals surface area contributed by atoms with Gasteiger partial charge in [0.05, 0.1) is 12.2 Å². The van der Waals surface area contributed by atoms with Gasteiger partial charge in [0.1, 0.15) is 5.75 Å². The number of fused-ring (bicyclic) bond motifs is 1. The lowest BCUT2D eigenvalue weighted by Crippen LogP contribution is -2.41. The van der Waals surface area contributed by atoms with E-state index in [0.29, 0.717) is 24.5 Å². The summed E-state index contributed by atoms with van der Waals surface area (Å²) in [5.41, 5.74) is 3.29. The van der Waals surface area contributed by atoms with Gasteiger partial charge in [0.2, 0.25) is 0 Å². The Labute approximate surface area is 136 Å². The van der Waals surface area contributed by atoms with E-state index in [4.69, 9.17) is 9.39 Å². The normalized spacial score (nSPS) is 13.6. The number of Topliss-reactive ketones (excluding diaryl/α,β-unsaturated/α-hetero) is 1. The fourth-order valence-electron chi connectivity index (χ4n) is 2.84. The van der Waals surface area contributed by atoms with Crippen LogP contribution in [0.3, 0.4) is 0 Å². The molecule has 2 aromatic carbocycles. The largest absolute Gasteiger partial charge is 0.493 e.